The van der Waals surface area contributed by atoms with Gasteiger partial charge < -0.3 is 19.3 Å². The lowest BCUT2D eigenvalue weighted by atomic mass is 10.2. The van der Waals surface area contributed by atoms with E-state index in [0.29, 0.717) is 37.7 Å². The first kappa shape index (κ1) is 24.9. The molecule has 0 spiro atoms. The lowest BCUT2D eigenvalue weighted by Crippen LogP contribution is -2.49. The Kier molecular flexibility index (Phi) is 8.00. The van der Waals surface area contributed by atoms with Crippen LogP contribution in [0.15, 0.2) is 23.4 Å². The van der Waals surface area contributed by atoms with Gasteiger partial charge in [0.15, 0.2) is 11.3 Å². The summed E-state index contributed by atoms with van der Waals surface area (Å²) in [5.74, 6) is -0.313. The number of ether oxygens (including phenoxy) is 2. The molecule has 1 fully saturated rings. The van der Waals surface area contributed by atoms with Crippen molar-refractivity contribution >= 4 is 11.9 Å². The van der Waals surface area contributed by atoms with E-state index in [9.17, 15) is 22.8 Å². The van der Waals surface area contributed by atoms with Crippen molar-refractivity contribution in [2.24, 2.45) is 0 Å². The van der Waals surface area contributed by atoms with Crippen LogP contribution in [0.3, 0.4) is 0 Å². The van der Waals surface area contributed by atoms with E-state index >= 15 is 0 Å². The van der Waals surface area contributed by atoms with Crippen molar-refractivity contribution in [3.63, 3.8) is 0 Å². The van der Waals surface area contributed by atoms with Crippen molar-refractivity contribution in [2.45, 2.75) is 25.6 Å². The van der Waals surface area contributed by atoms with E-state index in [4.69, 9.17) is 14.7 Å². The Balaban J connectivity index is 1.39. The topological polar surface area (TPSA) is 137 Å². The minimum Gasteiger partial charge on any atom is -0.486 e. The standard InChI is InChI=1S/C20H22F3N7O4/c1-13(34-15-11-27-28-18(32)17(15)20(21,22)23)12-33-7-2-16(31)29-3-5-30(6-4-29)19-25-9-14(8-24)10-26-19/h9-11,13H,2-7,12H2,1H3,(H,28,32)/t13-/m0/s1. The number of nitrogens with zero attached hydrogens (tertiary/aromatic N) is 6. The van der Waals surface area contributed by atoms with Crippen LogP contribution in [0.4, 0.5) is 19.1 Å². The molecule has 0 saturated carbocycles. The maximum absolute atomic E-state index is 13.1. The van der Waals surface area contributed by atoms with Crippen LogP contribution in [-0.4, -0.2) is 76.5 Å². The van der Waals surface area contributed by atoms with Gasteiger partial charge in [-0.2, -0.15) is 23.5 Å². The van der Waals surface area contributed by atoms with Crippen molar-refractivity contribution in [3.8, 4) is 11.8 Å². The zero-order valence-electron chi connectivity index (χ0n) is 18.2. The Hall–Kier alpha value is -3.73. The SMILES string of the molecule is C[C@@H](COCCC(=O)N1CCN(c2ncc(C#N)cn2)CC1)Oc1cn[nH]c(=O)c1C(F)(F)F. The summed E-state index contributed by atoms with van der Waals surface area (Å²) < 4.78 is 49.7. The second-order valence-electron chi connectivity index (χ2n) is 7.44. The number of aromatic amines is 1. The van der Waals surface area contributed by atoms with Crippen molar-refractivity contribution in [2.75, 3.05) is 44.3 Å². The molecule has 34 heavy (non-hydrogen) atoms. The fraction of sp³-hybridized carbons (Fsp3) is 0.500. The average Bonchev–Trinajstić information content (AvgIpc) is 2.81. The number of aromatic nitrogens is 4. The second-order valence-corrected chi connectivity index (χ2v) is 7.44. The normalized spacial score (nSPS) is 15.0. The summed E-state index contributed by atoms with van der Waals surface area (Å²) in [5.41, 5.74) is -2.49. The Morgan fingerprint density at radius 2 is 1.91 bits per heavy atom. The number of amides is 1. The van der Waals surface area contributed by atoms with Crippen LogP contribution in [-0.2, 0) is 15.7 Å². The van der Waals surface area contributed by atoms with E-state index in [1.807, 2.05) is 11.0 Å². The number of carbonyl (C=O) groups is 1. The summed E-state index contributed by atoms with van der Waals surface area (Å²) in [7, 11) is 0. The molecule has 1 atom stereocenters. The van der Waals surface area contributed by atoms with E-state index in [-0.39, 0.29) is 25.5 Å². The largest absolute Gasteiger partial charge is 0.486 e. The van der Waals surface area contributed by atoms with Gasteiger partial charge in [0, 0.05) is 26.2 Å². The van der Waals surface area contributed by atoms with Crippen LogP contribution < -0.4 is 15.2 Å². The first-order chi connectivity index (χ1) is 16.2. The van der Waals surface area contributed by atoms with Gasteiger partial charge in [-0.25, -0.2) is 15.1 Å². The number of rotatable bonds is 8. The molecule has 182 valence electrons. The van der Waals surface area contributed by atoms with Crippen molar-refractivity contribution in [3.05, 3.63) is 40.1 Å². The number of nitriles is 1. The van der Waals surface area contributed by atoms with Crippen LogP contribution in [0.5, 0.6) is 5.75 Å². The highest BCUT2D eigenvalue weighted by Crippen LogP contribution is 2.33. The Bertz CT molecular complexity index is 1080. The summed E-state index contributed by atoms with van der Waals surface area (Å²) in [5, 5.41) is 13.9. The number of nitrogens with one attached hydrogen (secondary N) is 1. The molecule has 0 bridgehead atoms. The summed E-state index contributed by atoms with van der Waals surface area (Å²) in [6.45, 7) is 3.47. The summed E-state index contributed by atoms with van der Waals surface area (Å²) in [6.07, 6.45) is -1.94. The minimum absolute atomic E-state index is 0.0607. The molecule has 0 radical (unpaired) electrons. The molecule has 2 aromatic rings. The highest BCUT2D eigenvalue weighted by atomic mass is 19.4. The van der Waals surface area contributed by atoms with E-state index in [1.54, 1.807) is 10.00 Å². The Labute approximate surface area is 192 Å². The third kappa shape index (κ3) is 6.41. The van der Waals surface area contributed by atoms with Crippen molar-refractivity contribution in [1.82, 2.24) is 25.1 Å². The fourth-order valence-corrected chi connectivity index (χ4v) is 3.26. The van der Waals surface area contributed by atoms with Crippen molar-refractivity contribution < 1.29 is 27.4 Å². The number of hydrogen-bond acceptors (Lipinski definition) is 9. The highest BCUT2D eigenvalue weighted by molar-refractivity contribution is 5.76. The molecule has 11 nitrogen and oxygen atoms in total. The van der Waals surface area contributed by atoms with Gasteiger partial charge in [-0.1, -0.05) is 0 Å². The molecular formula is C20H22F3N7O4. The highest BCUT2D eigenvalue weighted by Gasteiger charge is 2.38. The number of hydrogen-bond donors (Lipinski definition) is 1. The Morgan fingerprint density at radius 1 is 1.24 bits per heavy atom. The van der Waals surface area contributed by atoms with Gasteiger partial charge >= 0.3 is 6.18 Å². The van der Waals surface area contributed by atoms with Gasteiger partial charge in [-0.15, -0.1) is 0 Å². The third-order valence-corrected chi connectivity index (χ3v) is 4.93. The van der Waals surface area contributed by atoms with E-state index in [2.05, 4.69) is 15.1 Å². The van der Waals surface area contributed by atoms with Gasteiger partial charge in [0.2, 0.25) is 11.9 Å². The smallest absolute Gasteiger partial charge is 0.425 e. The predicted molar refractivity (Wildman–Crippen MR) is 111 cm³/mol. The van der Waals surface area contributed by atoms with Gasteiger partial charge in [0.1, 0.15) is 12.2 Å². The molecule has 1 aliphatic rings. The first-order valence-corrected chi connectivity index (χ1v) is 10.3. The molecule has 0 aliphatic carbocycles. The van der Waals surface area contributed by atoms with Crippen molar-refractivity contribution in [1.29, 1.82) is 5.26 Å². The van der Waals surface area contributed by atoms with Gasteiger partial charge in [-0.3, -0.25) is 9.59 Å². The number of anilines is 1. The fourth-order valence-electron chi connectivity index (χ4n) is 3.26. The van der Waals surface area contributed by atoms with Gasteiger partial charge in [0.25, 0.3) is 5.56 Å². The van der Waals surface area contributed by atoms with Crippen LogP contribution in [0.25, 0.3) is 0 Å². The Morgan fingerprint density at radius 3 is 2.53 bits per heavy atom. The predicted octanol–water partition coefficient (Wildman–Crippen LogP) is 0.973. The monoisotopic (exact) mass is 481 g/mol. The summed E-state index contributed by atoms with van der Waals surface area (Å²) in [6, 6.07) is 1.96. The molecule has 1 aliphatic heterocycles. The molecule has 0 aromatic carbocycles. The maximum atomic E-state index is 13.1. The van der Waals surface area contributed by atoms with Crippen LogP contribution >= 0.6 is 0 Å². The van der Waals surface area contributed by atoms with Crippen LogP contribution in [0.1, 0.15) is 24.5 Å². The molecular weight excluding hydrogens is 459 g/mol. The van der Waals surface area contributed by atoms with E-state index in [0.717, 1.165) is 6.20 Å². The lowest BCUT2D eigenvalue weighted by molar-refractivity contribution is -0.141. The number of halogens is 3. The summed E-state index contributed by atoms with van der Waals surface area (Å²) in [4.78, 5) is 35.8. The van der Waals surface area contributed by atoms with E-state index < -0.39 is 29.2 Å². The zero-order chi connectivity index (χ0) is 24.7. The maximum Gasteiger partial charge on any atom is 0.425 e. The molecule has 14 heteroatoms. The first-order valence-electron chi connectivity index (χ1n) is 10.3. The third-order valence-electron chi connectivity index (χ3n) is 4.93. The molecule has 1 amide bonds. The zero-order valence-corrected chi connectivity index (χ0v) is 18.2. The average molecular weight is 481 g/mol. The van der Waals surface area contributed by atoms with Gasteiger partial charge in [-0.05, 0) is 6.92 Å². The lowest BCUT2D eigenvalue weighted by Gasteiger charge is -2.34. The molecule has 1 N–H and O–H groups in total. The van der Waals surface area contributed by atoms with E-state index in [1.165, 1.54) is 19.3 Å². The number of alkyl halides is 3. The number of H-pyrrole nitrogens is 1. The molecule has 2 aromatic heterocycles. The quantitative estimate of drug-likeness (QED) is 0.547. The molecule has 3 rings (SSSR count). The number of carbonyl (C=O) groups excluding carboxylic acids is 1. The van der Waals surface area contributed by atoms with Gasteiger partial charge in [0.05, 0.1) is 43.8 Å². The van der Waals surface area contributed by atoms with Crippen LogP contribution in [0.2, 0.25) is 0 Å². The summed E-state index contributed by atoms with van der Waals surface area (Å²) >= 11 is 0. The van der Waals surface area contributed by atoms with Crippen LogP contribution in [0, 0.1) is 11.3 Å². The molecule has 3 heterocycles. The minimum atomic E-state index is -4.89. The molecule has 1 saturated heterocycles. The second kappa shape index (κ2) is 10.9. The molecule has 0 unspecified atom stereocenters. The number of piperazine rings is 1.